The van der Waals surface area contributed by atoms with Crippen LogP contribution in [0.5, 0.6) is 5.75 Å². The van der Waals surface area contributed by atoms with E-state index in [0.29, 0.717) is 11.7 Å². The van der Waals surface area contributed by atoms with Crippen molar-refractivity contribution in [1.29, 1.82) is 0 Å². The molecule has 1 fully saturated rings. The Labute approximate surface area is 178 Å². The van der Waals surface area contributed by atoms with Gasteiger partial charge in [-0.05, 0) is 43.9 Å². The third-order valence-electron chi connectivity index (χ3n) is 4.66. The van der Waals surface area contributed by atoms with Gasteiger partial charge in [-0.3, -0.25) is 14.4 Å². The Balaban J connectivity index is 1.88. The van der Waals surface area contributed by atoms with Crippen LogP contribution in [0.4, 0.5) is 0 Å². The van der Waals surface area contributed by atoms with Crippen molar-refractivity contribution in [2.24, 2.45) is 0 Å². The molecule has 29 heavy (non-hydrogen) atoms. The van der Waals surface area contributed by atoms with Crippen molar-refractivity contribution in [2.75, 3.05) is 5.75 Å². The largest absolute Gasteiger partial charge is 0.508 e. The summed E-state index contributed by atoms with van der Waals surface area (Å²) < 4.78 is 0. The number of hydrogen-bond donors (Lipinski definition) is 4. The molecule has 1 aromatic rings. The third kappa shape index (κ3) is 8.57. The molecule has 3 unspecified atom stereocenters. The minimum absolute atomic E-state index is 0.108. The second-order valence-corrected chi connectivity index (χ2v) is 9.92. The highest BCUT2D eigenvalue weighted by atomic mass is 33.1. The summed E-state index contributed by atoms with van der Waals surface area (Å²) in [7, 11) is 3.83. The van der Waals surface area contributed by atoms with E-state index in [0.717, 1.165) is 24.8 Å². The standard InChI is InChI=1S/C20H28N2O5S2/c1-13(20(26)27)21-19(25)17(12-14-6-8-15(23)9-7-14)22-18(24)5-3-2-4-16-10-11-28-29-16/h6-9,13,16-17,23H,2-5,10-12H2,1H3,(H,21,25)(H,22,24)(H,26,27). The van der Waals surface area contributed by atoms with Crippen LogP contribution in [0.1, 0.15) is 44.6 Å². The van der Waals surface area contributed by atoms with Crippen LogP contribution in [-0.4, -0.2) is 51.1 Å². The Hall–Kier alpha value is -1.87. The lowest BCUT2D eigenvalue weighted by molar-refractivity contribution is -0.141. The van der Waals surface area contributed by atoms with Crippen molar-refractivity contribution < 1.29 is 24.6 Å². The van der Waals surface area contributed by atoms with Crippen LogP contribution in [0.2, 0.25) is 0 Å². The van der Waals surface area contributed by atoms with E-state index in [1.54, 1.807) is 12.1 Å². The van der Waals surface area contributed by atoms with E-state index in [9.17, 15) is 19.5 Å². The lowest BCUT2D eigenvalue weighted by Gasteiger charge is -2.20. The molecule has 4 N–H and O–H groups in total. The fraction of sp³-hybridized carbons (Fsp3) is 0.550. The molecule has 2 amide bonds. The molecule has 1 aliphatic heterocycles. The monoisotopic (exact) mass is 440 g/mol. The van der Waals surface area contributed by atoms with Crippen molar-refractivity contribution in [3.8, 4) is 5.75 Å². The number of amides is 2. The highest BCUT2D eigenvalue weighted by Gasteiger charge is 2.24. The van der Waals surface area contributed by atoms with Crippen molar-refractivity contribution in [3.05, 3.63) is 29.8 Å². The molecule has 160 valence electrons. The SMILES string of the molecule is CC(NC(=O)C(Cc1ccc(O)cc1)NC(=O)CCCCC1CCSS1)C(=O)O. The number of carbonyl (C=O) groups is 3. The van der Waals surface area contributed by atoms with Gasteiger partial charge in [-0.15, -0.1) is 0 Å². The van der Waals surface area contributed by atoms with E-state index < -0.39 is 24.0 Å². The molecule has 1 heterocycles. The topological polar surface area (TPSA) is 116 Å². The van der Waals surface area contributed by atoms with Gasteiger partial charge in [0.25, 0.3) is 0 Å². The zero-order valence-electron chi connectivity index (χ0n) is 16.4. The van der Waals surface area contributed by atoms with E-state index in [1.165, 1.54) is 31.2 Å². The maximum atomic E-state index is 12.5. The molecule has 0 saturated carbocycles. The van der Waals surface area contributed by atoms with Gasteiger partial charge in [0.1, 0.15) is 17.8 Å². The zero-order chi connectivity index (χ0) is 21.2. The van der Waals surface area contributed by atoms with Crippen molar-refractivity contribution in [1.82, 2.24) is 10.6 Å². The van der Waals surface area contributed by atoms with Gasteiger partial charge in [-0.2, -0.15) is 0 Å². The van der Waals surface area contributed by atoms with E-state index in [2.05, 4.69) is 10.6 Å². The van der Waals surface area contributed by atoms with Crippen LogP contribution in [0, 0.1) is 0 Å². The Morgan fingerprint density at radius 3 is 2.52 bits per heavy atom. The summed E-state index contributed by atoms with van der Waals surface area (Å²) in [6.45, 7) is 1.37. The molecule has 1 aromatic carbocycles. The Morgan fingerprint density at radius 1 is 1.17 bits per heavy atom. The maximum Gasteiger partial charge on any atom is 0.325 e. The van der Waals surface area contributed by atoms with E-state index >= 15 is 0 Å². The molecule has 0 radical (unpaired) electrons. The van der Waals surface area contributed by atoms with E-state index in [1.807, 2.05) is 21.6 Å². The highest BCUT2D eigenvalue weighted by Crippen LogP contribution is 2.39. The first-order chi connectivity index (χ1) is 13.8. The molecular formula is C20H28N2O5S2. The Morgan fingerprint density at radius 2 is 1.90 bits per heavy atom. The number of aromatic hydroxyl groups is 1. The second kappa shape index (κ2) is 12.0. The summed E-state index contributed by atoms with van der Waals surface area (Å²) in [5.41, 5.74) is 0.752. The normalized spacial score (nSPS) is 18.0. The van der Waals surface area contributed by atoms with Gasteiger partial charge < -0.3 is 20.8 Å². The smallest absolute Gasteiger partial charge is 0.325 e. The number of carbonyl (C=O) groups excluding carboxylic acids is 2. The number of nitrogens with one attached hydrogen (secondary N) is 2. The van der Waals surface area contributed by atoms with Gasteiger partial charge >= 0.3 is 5.97 Å². The Kier molecular flexibility index (Phi) is 9.66. The van der Waals surface area contributed by atoms with Gasteiger partial charge in [-0.25, -0.2) is 0 Å². The van der Waals surface area contributed by atoms with Crippen LogP contribution in [0.25, 0.3) is 0 Å². The summed E-state index contributed by atoms with van der Waals surface area (Å²) in [6, 6.07) is 4.41. The van der Waals surface area contributed by atoms with Crippen LogP contribution < -0.4 is 10.6 Å². The molecule has 9 heteroatoms. The number of aliphatic carboxylic acids is 1. The molecular weight excluding hydrogens is 412 g/mol. The average Bonchev–Trinajstić information content (AvgIpc) is 3.19. The average molecular weight is 441 g/mol. The molecule has 1 saturated heterocycles. The number of carboxylic acids is 1. The quantitative estimate of drug-likeness (QED) is 0.309. The van der Waals surface area contributed by atoms with E-state index in [-0.39, 0.29) is 18.1 Å². The molecule has 0 aliphatic carbocycles. The molecule has 7 nitrogen and oxygen atoms in total. The minimum Gasteiger partial charge on any atom is -0.508 e. The lowest BCUT2D eigenvalue weighted by atomic mass is 10.0. The molecule has 0 bridgehead atoms. The van der Waals surface area contributed by atoms with Gasteiger partial charge in [0.05, 0.1) is 0 Å². The van der Waals surface area contributed by atoms with Crippen LogP contribution >= 0.6 is 21.6 Å². The predicted octanol–water partition coefficient (Wildman–Crippen LogP) is 2.72. The van der Waals surface area contributed by atoms with Gasteiger partial charge in [0, 0.05) is 23.8 Å². The first-order valence-electron chi connectivity index (χ1n) is 9.74. The molecule has 0 aromatic heterocycles. The first-order valence-corrected chi connectivity index (χ1v) is 12.1. The number of hydrogen-bond acceptors (Lipinski definition) is 6. The van der Waals surface area contributed by atoms with E-state index in [4.69, 9.17) is 5.11 Å². The number of phenols is 1. The summed E-state index contributed by atoms with van der Waals surface area (Å²) in [6.07, 6.45) is 4.58. The number of phenolic OH excluding ortho intramolecular Hbond substituents is 1. The number of benzene rings is 1. The zero-order valence-corrected chi connectivity index (χ0v) is 18.1. The lowest BCUT2D eigenvalue weighted by Crippen LogP contribution is -2.51. The summed E-state index contributed by atoms with van der Waals surface area (Å²) in [5, 5.41) is 24.2. The van der Waals surface area contributed by atoms with Crippen LogP contribution in [0.15, 0.2) is 24.3 Å². The van der Waals surface area contributed by atoms with Gasteiger partial charge in [0.15, 0.2) is 0 Å². The second-order valence-electron chi connectivity index (χ2n) is 7.13. The summed E-state index contributed by atoms with van der Waals surface area (Å²) in [4.78, 5) is 35.9. The van der Waals surface area contributed by atoms with Crippen LogP contribution in [0.3, 0.4) is 0 Å². The molecule has 1 aliphatic rings. The molecule has 3 atom stereocenters. The van der Waals surface area contributed by atoms with Crippen LogP contribution in [-0.2, 0) is 20.8 Å². The van der Waals surface area contributed by atoms with Crippen molar-refractivity contribution >= 4 is 39.4 Å². The highest BCUT2D eigenvalue weighted by molar-refractivity contribution is 8.77. The maximum absolute atomic E-state index is 12.5. The summed E-state index contributed by atoms with van der Waals surface area (Å²) >= 11 is 0. The Bertz CT molecular complexity index is 693. The summed E-state index contributed by atoms with van der Waals surface area (Å²) in [5.74, 6) is -0.604. The van der Waals surface area contributed by atoms with Crippen molar-refractivity contribution in [2.45, 2.75) is 62.8 Å². The van der Waals surface area contributed by atoms with Crippen molar-refractivity contribution in [3.63, 3.8) is 0 Å². The fourth-order valence-corrected chi connectivity index (χ4v) is 5.97. The fourth-order valence-electron chi connectivity index (χ4n) is 2.94. The van der Waals surface area contributed by atoms with Gasteiger partial charge in [-0.1, -0.05) is 40.1 Å². The molecule has 2 rings (SSSR count). The number of rotatable bonds is 11. The third-order valence-corrected chi connectivity index (χ3v) is 7.67. The van der Waals surface area contributed by atoms with Gasteiger partial charge in [0.2, 0.25) is 11.8 Å². The predicted molar refractivity (Wildman–Crippen MR) is 116 cm³/mol. The first kappa shape index (κ1) is 23.4. The number of carboxylic acid groups (broad SMARTS) is 1. The molecule has 0 spiro atoms. The number of unbranched alkanes of at least 4 members (excludes halogenated alkanes) is 1. The minimum atomic E-state index is -1.14.